The minimum atomic E-state index is -0.0575. The summed E-state index contributed by atoms with van der Waals surface area (Å²) in [6.07, 6.45) is 5.21. The third-order valence-corrected chi connectivity index (χ3v) is 4.75. The second kappa shape index (κ2) is 6.69. The van der Waals surface area contributed by atoms with Crippen molar-refractivity contribution < 1.29 is 5.11 Å². The van der Waals surface area contributed by atoms with E-state index in [9.17, 15) is 5.11 Å². The molecule has 0 saturated heterocycles. The number of aliphatic hydroxyl groups excluding tert-OH is 1. The number of aliphatic hydroxyl groups is 1. The van der Waals surface area contributed by atoms with Gasteiger partial charge in [0, 0.05) is 17.1 Å². The van der Waals surface area contributed by atoms with Gasteiger partial charge < -0.3 is 10.0 Å². The summed E-state index contributed by atoms with van der Waals surface area (Å²) in [7, 11) is 2.21. The summed E-state index contributed by atoms with van der Waals surface area (Å²) < 4.78 is 1.21. The molecule has 18 heavy (non-hydrogen) atoms. The molecule has 2 rings (SSSR count). The van der Waals surface area contributed by atoms with Crippen LogP contribution < -0.4 is 0 Å². The quantitative estimate of drug-likeness (QED) is 0.923. The van der Waals surface area contributed by atoms with Crippen molar-refractivity contribution in [3.05, 3.63) is 34.3 Å². The summed E-state index contributed by atoms with van der Waals surface area (Å²) in [4.78, 5) is 2.45. The van der Waals surface area contributed by atoms with Gasteiger partial charge in [-0.25, -0.2) is 0 Å². The first-order chi connectivity index (χ1) is 8.66. The van der Waals surface area contributed by atoms with Crippen LogP contribution in [0.3, 0.4) is 0 Å². The fraction of sp³-hybridized carbons (Fsp3) is 0.600. The zero-order valence-corrected chi connectivity index (χ0v) is 12.6. The molecule has 0 spiro atoms. The van der Waals surface area contributed by atoms with Gasteiger partial charge in [0.15, 0.2) is 0 Å². The van der Waals surface area contributed by atoms with Crippen LogP contribution in [-0.4, -0.2) is 35.7 Å². The van der Waals surface area contributed by atoms with Gasteiger partial charge in [0.2, 0.25) is 0 Å². The van der Waals surface area contributed by atoms with Gasteiger partial charge in [-0.15, -0.1) is 0 Å². The molecule has 0 atom stereocenters. The molecule has 0 amide bonds. The van der Waals surface area contributed by atoms with Crippen molar-refractivity contribution >= 4 is 15.9 Å². The largest absolute Gasteiger partial charge is 0.393 e. The number of nitrogens with zero attached hydrogens (tertiary/aromatic N) is 1. The molecule has 3 heteroatoms. The Morgan fingerprint density at radius 3 is 2.56 bits per heavy atom. The predicted octanol–water partition coefficient (Wildman–Crippen LogP) is 3.23. The SMILES string of the molecule is CN(CCc1ccccc1Br)C1CCC(O)CC1. The Morgan fingerprint density at radius 2 is 1.89 bits per heavy atom. The lowest BCUT2D eigenvalue weighted by atomic mass is 9.92. The van der Waals surface area contributed by atoms with Crippen LogP contribution in [0.4, 0.5) is 0 Å². The van der Waals surface area contributed by atoms with E-state index in [2.05, 4.69) is 52.1 Å². The minimum Gasteiger partial charge on any atom is -0.393 e. The van der Waals surface area contributed by atoms with E-state index in [0.29, 0.717) is 6.04 Å². The van der Waals surface area contributed by atoms with Crippen molar-refractivity contribution in [1.29, 1.82) is 0 Å². The average molecular weight is 312 g/mol. The maximum Gasteiger partial charge on any atom is 0.0541 e. The van der Waals surface area contributed by atoms with E-state index in [1.54, 1.807) is 0 Å². The molecule has 100 valence electrons. The fourth-order valence-electron chi connectivity index (χ4n) is 2.68. The second-order valence-corrected chi connectivity index (χ2v) is 6.14. The van der Waals surface area contributed by atoms with Crippen LogP contribution in [0.2, 0.25) is 0 Å². The van der Waals surface area contributed by atoms with Crippen molar-refractivity contribution in [2.24, 2.45) is 0 Å². The third kappa shape index (κ3) is 3.81. The zero-order valence-electron chi connectivity index (χ0n) is 11.0. The molecule has 1 saturated carbocycles. The fourth-order valence-corrected chi connectivity index (χ4v) is 3.16. The maximum absolute atomic E-state index is 9.53. The zero-order chi connectivity index (χ0) is 13.0. The number of likely N-dealkylation sites (N-methyl/N-ethyl adjacent to an activating group) is 1. The van der Waals surface area contributed by atoms with Crippen LogP contribution in [-0.2, 0) is 6.42 Å². The highest BCUT2D eigenvalue weighted by molar-refractivity contribution is 9.10. The molecular formula is C15H22BrNO. The van der Waals surface area contributed by atoms with Gasteiger partial charge in [0.25, 0.3) is 0 Å². The van der Waals surface area contributed by atoms with Gasteiger partial charge in [0.1, 0.15) is 0 Å². The first-order valence-electron chi connectivity index (χ1n) is 6.78. The van der Waals surface area contributed by atoms with E-state index in [0.717, 1.165) is 38.6 Å². The van der Waals surface area contributed by atoms with Crippen molar-refractivity contribution in [2.45, 2.75) is 44.2 Å². The first-order valence-corrected chi connectivity index (χ1v) is 7.58. The Kier molecular flexibility index (Phi) is 5.22. The van der Waals surface area contributed by atoms with Gasteiger partial charge in [-0.05, 0) is 50.8 Å². The second-order valence-electron chi connectivity index (χ2n) is 5.28. The highest BCUT2D eigenvalue weighted by Gasteiger charge is 2.22. The van der Waals surface area contributed by atoms with Crippen LogP contribution in [0.5, 0.6) is 0 Å². The van der Waals surface area contributed by atoms with Gasteiger partial charge >= 0.3 is 0 Å². The summed E-state index contributed by atoms with van der Waals surface area (Å²) in [5.74, 6) is 0. The molecule has 0 aromatic heterocycles. The molecule has 0 heterocycles. The lowest BCUT2D eigenvalue weighted by Gasteiger charge is -2.33. The Morgan fingerprint density at radius 1 is 1.22 bits per heavy atom. The lowest BCUT2D eigenvalue weighted by Crippen LogP contribution is -2.37. The molecule has 0 radical (unpaired) electrons. The van der Waals surface area contributed by atoms with Crippen LogP contribution in [0.1, 0.15) is 31.2 Å². The third-order valence-electron chi connectivity index (χ3n) is 3.98. The number of halogens is 1. The topological polar surface area (TPSA) is 23.5 Å². The van der Waals surface area contributed by atoms with Gasteiger partial charge in [-0.1, -0.05) is 34.1 Å². The molecule has 1 aromatic rings. The standard InChI is InChI=1S/C15H22BrNO/c1-17(13-6-8-14(18)9-7-13)11-10-12-4-2-3-5-15(12)16/h2-5,13-14,18H,6-11H2,1H3. The molecule has 1 aliphatic carbocycles. The summed E-state index contributed by atoms with van der Waals surface area (Å²) in [5, 5.41) is 9.53. The highest BCUT2D eigenvalue weighted by Crippen LogP contribution is 2.23. The number of rotatable bonds is 4. The summed E-state index contributed by atoms with van der Waals surface area (Å²) in [5.41, 5.74) is 1.38. The Hall–Kier alpha value is -0.380. The van der Waals surface area contributed by atoms with E-state index in [-0.39, 0.29) is 6.10 Å². The van der Waals surface area contributed by atoms with Crippen molar-refractivity contribution in [1.82, 2.24) is 4.90 Å². The van der Waals surface area contributed by atoms with E-state index in [1.165, 1.54) is 10.0 Å². The summed E-state index contributed by atoms with van der Waals surface area (Å²) >= 11 is 3.60. The Labute approximate surface area is 118 Å². The van der Waals surface area contributed by atoms with Crippen molar-refractivity contribution in [2.75, 3.05) is 13.6 Å². The number of hydrogen-bond acceptors (Lipinski definition) is 2. The molecular weight excluding hydrogens is 290 g/mol. The van der Waals surface area contributed by atoms with E-state index in [4.69, 9.17) is 0 Å². The monoisotopic (exact) mass is 311 g/mol. The molecule has 1 fully saturated rings. The normalized spacial score (nSPS) is 24.4. The van der Waals surface area contributed by atoms with Crippen molar-refractivity contribution in [3.63, 3.8) is 0 Å². The molecule has 1 aliphatic rings. The van der Waals surface area contributed by atoms with Crippen LogP contribution in [0.15, 0.2) is 28.7 Å². The molecule has 1 N–H and O–H groups in total. The average Bonchev–Trinajstić information content (AvgIpc) is 2.38. The van der Waals surface area contributed by atoms with Crippen molar-refractivity contribution in [3.8, 4) is 0 Å². The number of benzene rings is 1. The summed E-state index contributed by atoms with van der Waals surface area (Å²) in [6, 6.07) is 9.09. The summed E-state index contributed by atoms with van der Waals surface area (Å²) in [6.45, 7) is 1.09. The first kappa shape index (κ1) is 14.0. The number of hydrogen-bond donors (Lipinski definition) is 1. The Balaban J connectivity index is 1.81. The van der Waals surface area contributed by atoms with E-state index in [1.807, 2.05) is 0 Å². The highest BCUT2D eigenvalue weighted by atomic mass is 79.9. The van der Waals surface area contributed by atoms with Crippen LogP contribution >= 0.6 is 15.9 Å². The minimum absolute atomic E-state index is 0.0575. The van der Waals surface area contributed by atoms with Crippen LogP contribution in [0, 0.1) is 0 Å². The lowest BCUT2D eigenvalue weighted by molar-refractivity contribution is 0.0847. The maximum atomic E-state index is 9.53. The molecule has 2 nitrogen and oxygen atoms in total. The van der Waals surface area contributed by atoms with Gasteiger partial charge in [-0.2, -0.15) is 0 Å². The predicted molar refractivity (Wildman–Crippen MR) is 78.7 cm³/mol. The van der Waals surface area contributed by atoms with E-state index >= 15 is 0 Å². The molecule has 1 aromatic carbocycles. The molecule has 0 bridgehead atoms. The molecule has 0 unspecified atom stereocenters. The van der Waals surface area contributed by atoms with E-state index < -0.39 is 0 Å². The molecule has 0 aliphatic heterocycles. The van der Waals surface area contributed by atoms with Gasteiger partial charge in [-0.3, -0.25) is 0 Å². The smallest absolute Gasteiger partial charge is 0.0541 e. The van der Waals surface area contributed by atoms with Gasteiger partial charge in [0.05, 0.1) is 6.10 Å². The van der Waals surface area contributed by atoms with Crippen LogP contribution in [0.25, 0.3) is 0 Å². The Bertz CT molecular complexity index is 375.